The van der Waals surface area contributed by atoms with E-state index in [0.29, 0.717) is 17.1 Å². The molecule has 0 spiro atoms. The number of hydrogen-bond acceptors (Lipinski definition) is 7. The van der Waals surface area contributed by atoms with Crippen LogP contribution in [-0.4, -0.2) is 50.2 Å². The van der Waals surface area contributed by atoms with Gasteiger partial charge in [-0.25, -0.2) is 4.79 Å². The van der Waals surface area contributed by atoms with E-state index in [1.807, 2.05) is 12.1 Å². The lowest BCUT2D eigenvalue weighted by Crippen LogP contribution is -2.45. The summed E-state index contributed by atoms with van der Waals surface area (Å²) >= 11 is 0. The zero-order valence-electron chi connectivity index (χ0n) is 17.4. The average molecular weight is 427 g/mol. The largest absolute Gasteiger partial charge is 0.485 e. The van der Waals surface area contributed by atoms with Gasteiger partial charge in [-0.2, -0.15) is 0 Å². The number of para-hydroxylation sites is 2. The third-order valence-corrected chi connectivity index (χ3v) is 4.69. The molecule has 164 valence electrons. The highest BCUT2D eigenvalue weighted by molar-refractivity contribution is 5.96. The van der Waals surface area contributed by atoms with Crippen LogP contribution in [0.5, 0.6) is 11.5 Å². The summed E-state index contributed by atoms with van der Waals surface area (Å²) in [6.07, 6.45) is -0.971. The highest BCUT2D eigenvalue weighted by Gasteiger charge is 2.29. The summed E-state index contributed by atoms with van der Waals surface area (Å²) in [5.41, 5.74) is 5.91. The van der Waals surface area contributed by atoms with E-state index in [1.54, 1.807) is 36.4 Å². The van der Waals surface area contributed by atoms with Crippen LogP contribution in [0.2, 0.25) is 0 Å². The second-order valence-corrected chi connectivity index (χ2v) is 6.69. The first-order valence-electron chi connectivity index (χ1n) is 10.0. The van der Waals surface area contributed by atoms with E-state index >= 15 is 0 Å². The van der Waals surface area contributed by atoms with Crippen molar-refractivity contribution in [1.82, 2.24) is 10.9 Å². The van der Waals surface area contributed by atoms with Gasteiger partial charge in [0.25, 0.3) is 11.8 Å². The predicted octanol–water partition coefficient (Wildman–Crippen LogP) is 1.68. The van der Waals surface area contributed by atoms with Gasteiger partial charge in [0.15, 0.2) is 18.1 Å². The van der Waals surface area contributed by atoms with Gasteiger partial charge >= 0.3 is 5.97 Å². The monoisotopic (exact) mass is 427 g/mol. The maximum absolute atomic E-state index is 12.2. The van der Waals surface area contributed by atoms with Gasteiger partial charge in [-0.3, -0.25) is 20.4 Å². The third-order valence-electron chi connectivity index (χ3n) is 4.69. The maximum Gasteiger partial charge on any atom is 0.351 e. The van der Waals surface area contributed by atoms with Crippen LogP contribution in [0.3, 0.4) is 0 Å². The Labute approximate surface area is 180 Å². The second kappa shape index (κ2) is 10.3. The number of fused-ring (bicyclic) bond motifs is 1. The Hall–Kier alpha value is -3.75. The van der Waals surface area contributed by atoms with Crippen LogP contribution in [0, 0.1) is 0 Å². The minimum atomic E-state index is -0.971. The van der Waals surface area contributed by atoms with E-state index in [1.165, 1.54) is 0 Å². The summed E-state index contributed by atoms with van der Waals surface area (Å²) in [7, 11) is 0. The zero-order chi connectivity index (χ0) is 22.2. The first kappa shape index (κ1) is 21.9. The number of amides is 2. The van der Waals surface area contributed by atoms with Gasteiger partial charge in [0, 0.05) is 24.3 Å². The topological polar surface area (TPSA) is 106 Å². The lowest BCUT2D eigenvalue weighted by atomic mass is 10.2. The number of nitrogens with zero attached hydrogens (tertiary/aromatic N) is 1. The summed E-state index contributed by atoms with van der Waals surface area (Å²) < 4.78 is 15.9. The Kier molecular flexibility index (Phi) is 7.31. The molecule has 0 saturated carbocycles. The molecule has 1 aliphatic heterocycles. The summed E-state index contributed by atoms with van der Waals surface area (Å²) in [5, 5.41) is 0. The Morgan fingerprint density at radius 1 is 1.00 bits per heavy atom. The number of hydrogen-bond donors (Lipinski definition) is 2. The number of rotatable bonds is 7. The first-order valence-corrected chi connectivity index (χ1v) is 10.0. The number of anilines is 1. The predicted molar refractivity (Wildman–Crippen MR) is 113 cm³/mol. The number of nitrogens with one attached hydrogen (secondary N) is 2. The molecule has 1 aliphatic rings. The van der Waals surface area contributed by atoms with Gasteiger partial charge in [-0.15, -0.1) is 0 Å². The summed E-state index contributed by atoms with van der Waals surface area (Å²) in [4.78, 5) is 38.4. The molecule has 2 amide bonds. The van der Waals surface area contributed by atoms with Crippen molar-refractivity contribution in [2.24, 2.45) is 0 Å². The third kappa shape index (κ3) is 5.65. The minimum absolute atomic E-state index is 0.0162. The van der Waals surface area contributed by atoms with Crippen molar-refractivity contribution in [3.05, 3.63) is 54.1 Å². The molecule has 1 heterocycles. The van der Waals surface area contributed by atoms with Crippen molar-refractivity contribution in [3.63, 3.8) is 0 Å². The van der Waals surface area contributed by atoms with E-state index in [0.717, 1.165) is 18.8 Å². The van der Waals surface area contributed by atoms with Crippen molar-refractivity contribution >= 4 is 23.5 Å². The van der Waals surface area contributed by atoms with Gasteiger partial charge in [0.1, 0.15) is 6.61 Å². The summed E-state index contributed by atoms with van der Waals surface area (Å²) in [6, 6.07) is 14.0. The van der Waals surface area contributed by atoms with E-state index < -0.39 is 30.5 Å². The molecule has 31 heavy (non-hydrogen) atoms. The van der Waals surface area contributed by atoms with Crippen LogP contribution in [0.15, 0.2) is 48.5 Å². The van der Waals surface area contributed by atoms with Crippen molar-refractivity contribution in [1.29, 1.82) is 0 Å². The summed E-state index contributed by atoms with van der Waals surface area (Å²) in [5.74, 6) is -0.926. The van der Waals surface area contributed by atoms with Gasteiger partial charge in [-0.1, -0.05) is 12.1 Å². The smallest absolute Gasteiger partial charge is 0.351 e. The van der Waals surface area contributed by atoms with E-state index in [9.17, 15) is 14.4 Å². The molecule has 2 N–H and O–H groups in total. The standard InChI is InChI=1S/C22H25N3O6/c1-3-25(4-2)16-11-9-15(10-12-16)21(27)24-23-20(26)14-30-22(28)19-13-29-17-7-5-6-8-18(17)31-19/h5-12,19H,3-4,13-14H2,1-2H3,(H,23,26)(H,24,27). The van der Waals surface area contributed by atoms with Crippen molar-refractivity contribution in [3.8, 4) is 11.5 Å². The Bertz CT molecular complexity index is 927. The molecular formula is C22H25N3O6. The van der Waals surface area contributed by atoms with Gasteiger partial charge < -0.3 is 19.1 Å². The molecule has 0 aromatic heterocycles. The Morgan fingerprint density at radius 2 is 1.68 bits per heavy atom. The quantitative estimate of drug-likeness (QED) is 0.511. The number of benzene rings is 2. The summed E-state index contributed by atoms with van der Waals surface area (Å²) in [6.45, 7) is 5.25. The Morgan fingerprint density at radius 3 is 2.35 bits per heavy atom. The molecule has 3 rings (SSSR count). The van der Waals surface area contributed by atoms with Gasteiger partial charge in [-0.05, 0) is 50.2 Å². The molecule has 9 nitrogen and oxygen atoms in total. The fourth-order valence-corrected chi connectivity index (χ4v) is 3.01. The number of hydrazine groups is 1. The molecule has 2 aromatic rings. The Balaban J connectivity index is 1.42. The number of ether oxygens (including phenoxy) is 3. The minimum Gasteiger partial charge on any atom is -0.485 e. The van der Waals surface area contributed by atoms with Crippen LogP contribution in [0.1, 0.15) is 24.2 Å². The molecule has 0 radical (unpaired) electrons. The molecule has 9 heteroatoms. The first-order chi connectivity index (χ1) is 15.0. The van der Waals surface area contributed by atoms with Gasteiger partial charge in [0.05, 0.1) is 0 Å². The van der Waals surface area contributed by atoms with Crippen molar-refractivity contribution in [2.75, 3.05) is 31.2 Å². The SMILES string of the molecule is CCN(CC)c1ccc(C(=O)NNC(=O)COC(=O)C2COc3ccccc3O2)cc1. The van der Waals surface area contributed by atoms with Crippen LogP contribution in [-0.2, 0) is 14.3 Å². The molecule has 1 unspecified atom stereocenters. The maximum atomic E-state index is 12.2. The lowest BCUT2D eigenvalue weighted by molar-refractivity contribution is -0.157. The van der Waals surface area contributed by atoms with Crippen LogP contribution in [0.25, 0.3) is 0 Å². The fourth-order valence-electron chi connectivity index (χ4n) is 3.01. The van der Waals surface area contributed by atoms with Gasteiger partial charge in [0.2, 0.25) is 6.10 Å². The normalized spacial score (nSPS) is 14.3. The van der Waals surface area contributed by atoms with E-state index in [-0.39, 0.29) is 6.61 Å². The average Bonchev–Trinajstić information content (AvgIpc) is 2.81. The number of esters is 1. The van der Waals surface area contributed by atoms with Crippen molar-refractivity contribution < 1.29 is 28.6 Å². The molecule has 0 bridgehead atoms. The van der Waals surface area contributed by atoms with E-state index in [4.69, 9.17) is 14.2 Å². The van der Waals surface area contributed by atoms with Crippen molar-refractivity contribution in [2.45, 2.75) is 20.0 Å². The highest BCUT2D eigenvalue weighted by Crippen LogP contribution is 2.31. The molecule has 0 fully saturated rings. The lowest BCUT2D eigenvalue weighted by Gasteiger charge is -2.24. The molecule has 2 aromatic carbocycles. The highest BCUT2D eigenvalue weighted by atomic mass is 16.6. The van der Waals surface area contributed by atoms with Crippen LogP contribution < -0.4 is 25.2 Å². The molecule has 0 aliphatic carbocycles. The molecular weight excluding hydrogens is 402 g/mol. The fraction of sp³-hybridized carbons (Fsp3) is 0.318. The molecule has 1 atom stereocenters. The molecule has 0 saturated heterocycles. The number of carbonyl (C=O) groups excluding carboxylic acids is 3. The zero-order valence-corrected chi connectivity index (χ0v) is 17.4. The number of carbonyl (C=O) groups is 3. The second-order valence-electron chi connectivity index (χ2n) is 6.69. The van der Waals surface area contributed by atoms with E-state index in [2.05, 4.69) is 29.6 Å². The van der Waals surface area contributed by atoms with Crippen LogP contribution >= 0.6 is 0 Å². The van der Waals surface area contributed by atoms with Crippen LogP contribution in [0.4, 0.5) is 5.69 Å².